The van der Waals surface area contributed by atoms with Crippen molar-refractivity contribution in [3.8, 4) is 0 Å². The van der Waals surface area contributed by atoms with Gasteiger partial charge in [-0.05, 0) is 19.3 Å². The average Bonchev–Trinajstić information content (AvgIpc) is 2.51. The lowest BCUT2D eigenvalue weighted by atomic mass is 10.2. The molecule has 0 aromatic carbocycles. The zero-order valence-corrected chi connectivity index (χ0v) is 8.04. The molecule has 1 rings (SSSR count). The van der Waals surface area contributed by atoms with Crippen LogP contribution in [-0.4, -0.2) is 43.6 Å². The molecule has 4 nitrogen and oxygen atoms in total. The summed E-state index contributed by atoms with van der Waals surface area (Å²) in [6.45, 7) is 2.07. The number of rotatable bonds is 6. The summed E-state index contributed by atoms with van der Waals surface area (Å²) in [6, 6.07) is 0.962. The molecule has 0 amide bonds. The molecule has 2 atom stereocenters. The molecule has 0 spiro atoms. The molecule has 1 aliphatic rings. The molecule has 0 radical (unpaired) electrons. The summed E-state index contributed by atoms with van der Waals surface area (Å²) in [5.41, 5.74) is 5.77. The Balaban J connectivity index is 1.88. The minimum atomic E-state index is 0.105. The van der Waals surface area contributed by atoms with E-state index in [4.69, 9.17) is 15.6 Å². The Morgan fingerprint density at radius 2 is 2.23 bits per heavy atom. The highest BCUT2D eigenvalue weighted by Crippen LogP contribution is 2.16. The Labute approximate surface area is 79.5 Å². The van der Waals surface area contributed by atoms with Crippen LogP contribution in [0.15, 0.2) is 0 Å². The number of ether oxygens (including phenoxy) is 1. The minimum absolute atomic E-state index is 0.105. The third kappa shape index (κ3) is 4.57. The Hall–Kier alpha value is -0.160. The first kappa shape index (κ1) is 10.9. The normalized spacial score (nSPS) is 28.2. The van der Waals surface area contributed by atoms with Crippen molar-refractivity contribution in [2.75, 3.05) is 26.4 Å². The van der Waals surface area contributed by atoms with Gasteiger partial charge in [0.1, 0.15) is 0 Å². The van der Waals surface area contributed by atoms with Crippen molar-refractivity contribution in [2.24, 2.45) is 5.73 Å². The Morgan fingerprint density at radius 3 is 2.85 bits per heavy atom. The molecule has 4 heteroatoms. The second-order valence-corrected chi connectivity index (χ2v) is 3.56. The van der Waals surface area contributed by atoms with Gasteiger partial charge in [0.05, 0.1) is 19.8 Å². The van der Waals surface area contributed by atoms with Crippen molar-refractivity contribution in [1.82, 2.24) is 5.32 Å². The van der Waals surface area contributed by atoms with E-state index in [0.717, 1.165) is 19.4 Å². The van der Waals surface area contributed by atoms with Gasteiger partial charge in [-0.25, -0.2) is 0 Å². The summed E-state index contributed by atoms with van der Waals surface area (Å²) in [7, 11) is 0. The van der Waals surface area contributed by atoms with E-state index in [-0.39, 0.29) is 6.61 Å². The lowest BCUT2D eigenvalue weighted by Crippen LogP contribution is -2.31. The smallest absolute Gasteiger partial charge is 0.0698 e. The number of hydrogen-bond donors (Lipinski definition) is 3. The van der Waals surface area contributed by atoms with Gasteiger partial charge in [0.25, 0.3) is 0 Å². The van der Waals surface area contributed by atoms with Crippen LogP contribution in [0.4, 0.5) is 0 Å². The number of hydrogen-bond acceptors (Lipinski definition) is 4. The predicted molar refractivity (Wildman–Crippen MR) is 51.5 cm³/mol. The van der Waals surface area contributed by atoms with Crippen LogP contribution in [0.2, 0.25) is 0 Å². The molecule has 13 heavy (non-hydrogen) atoms. The fraction of sp³-hybridized carbons (Fsp3) is 1.00. The fourth-order valence-corrected chi connectivity index (χ4v) is 1.70. The Morgan fingerprint density at radius 1 is 1.38 bits per heavy atom. The van der Waals surface area contributed by atoms with Crippen LogP contribution in [0.3, 0.4) is 0 Å². The van der Waals surface area contributed by atoms with Crippen molar-refractivity contribution in [3.63, 3.8) is 0 Å². The summed E-state index contributed by atoms with van der Waals surface area (Å²) in [6.07, 6.45) is 3.40. The maximum atomic E-state index is 8.45. The van der Waals surface area contributed by atoms with Crippen molar-refractivity contribution in [1.29, 1.82) is 0 Å². The first-order valence-corrected chi connectivity index (χ1v) is 5.00. The van der Waals surface area contributed by atoms with Crippen LogP contribution in [-0.2, 0) is 4.74 Å². The zero-order valence-electron chi connectivity index (χ0n) is 8.04. The molecule has 0 aromatic rings. The van der Waals surface area contributed by atoms with E-state index in [9.17, 15) is 0 Å². The van der Waals surface area contributed by atoms with E-state index >= 15 is 0 Å². The SMILES string of the molecule is NC1CCC(NCCOCCO)C1. The van der Waals surface area contributed by atoms with Crippen LogP contribution < -0.4 is 11.1 Å². The number of nitrogens with two attached hydrogens (primary N) is 1. The summed E-state index contributed by atoms with van der Waals surface area (Å²) in [5, 5.41) is 11.8. The van der Waals surface area contributed by atoms with Crippen LogP contribution in [0.5, 0.6) is 0 Å². The molecule has 4 N–H and O–H groups in total. The largest absolute Gasteiger partial charge is 0.394 e. The molecule has 1 saturated carbocycles. The highest BCUT2D eigenvalue weighted by molar-refractivity contribution is 4.82. The molecular weight excluding hydrogens is 168 g/mol. The maximum Gasteiger partial charge on any atom is 0.0698 e. The summed E-state index contributed by atoms with van der Waals surface area (Å²) in [4.78, 5) is 0. The number of aliphatic hydroxyl groups is 1. The van der Waals surface area contributed by atoms with Gasteiger partial charge in [0, 0.05) is 18.6 Å². The fourth-order valence-electron chi connectivity index (χ4n) is 1.70. The van der Waals surface area contributed by atoms with Gasteiger partial charge in [-0.1, -0.05) is 0 Å². The van der Waals surface area contributed by atoms with Gasteiger partial charge in [-0.2, -0.15) is 0 Å². The van der Waals surface area contributed by atoms with Gasteiger partial charge in [0.2, 0.25) is 0 Å². The highest BCUT2D eigenvalue weighted by atomic mass is 16.5. The van der Waals surface area contributed by atoms with E-state index in [1.165, 1.54) is 6.42 Å². The van der Waals surface area contributed by atoms with Gasteiger partial charge < -0.3 is 20.9 Å². The number of nitrogens with one attached hydrogen (secondary N) is 1. The van der Waals surface area contributed by atoms with E-state index < -0.39 is 0 Å². The molecule has 2 unspecified atom stereocenters. The van der Waals surface area contributed by atoms with Crippen molar-refractivity contribution < 1.29 is 9.84 Å². The van der Waals surface area contributed by atoms with Crippen LogP contribution in [0, 0.1) is 0 Å². The molecule has 0 saturated heterocycles. The first-order chi connectivity index (χ1) is 6.33. The molecule has 1 aliphatic carbocycles. The topological polar surface area (TPSA) is 67.5 Å². The molecule has 0 heterocycles. The lowest BCUT2D eigenvalue weighted by molar-refractivity contribution is 0.0926. The van der Waals surface area contributed by atoms with E-state index in [0.29, 0.717) is 25.3 Å². The van der Waals surface area contributed by atoms with E-state index in [1.807, 2.05) is 0 Å². The zero-order chi connectivity index (χ0) is 9.52. The first-order valence-electron chi connectivity index (χ1n) is 5.00. The quantitative estimate of drug-likeness (QED) is 0.490. The number of aliphatic hydroxyl groups excluding tert-OH is 1. The van der Waals surface area contributed by atoms with E-state index in [2.05, 4.69) is 5.32 Å². The summed E-state index contributed by atoms with van der Waals surface area (Å²) in [5.74, 6) is 0. The van der Waals surface area contributed by atoms with Crippen molar-refractivity contribution >= 4 is 0 Å². The second kappa shape index (κ2) is 6.32. The van der Waals surface area contributed by atoms with Gasteiger partial charge in [0.15, 0.2) is 0 Å². The lowest BCUT2D eigenvalue weighted by Gasteiger charge is -2.11. The van der Waals surface area contributed by atoms with Crippen molar-refractivity contribution in [2.45, 2.75) is 31.3 Å². The Bertz CT molecular complexity index is 133. The molecule has 1 fully saturated rings. The molecule has 0 aliphatic heterocycles. The minimum Gasteiger partial charge on any atom is -0.394 e. The second-order valence-electron chi connectivity index (χ2n) is 3.56. The molecule has 78 valence electrons. The van der Waals surface area contributed by atoms with Gasteiger partial charge in [-0.15, -0.1) is 0 Å². The summed E-state index contributed by atoms with van der Waals surface area (Å²) >= 11 is 0. The molecule has 0 aromatic heterocycles. The average molecular weight is 188 g/mol. The van der Waals surface area contributed by atoms with Crippen LogP contribution in [0.1, 0.15) is 19.3 Å². The molecular formula is C9H20N2O2. The van der Waals surface area contributed by atoms with Gasteiger partial charge in [-0.3, -0.25) is 0 Å². The maximum absolute atomic E-state index is 8.45. The third-order valence-electron chi connectivity index (χ3n) is 2.39. The Kier molecular flexibility index (Phi) is 5.31. The van der Waals surface area contributed by atoms with Crippen LogP contribution in [0.25, 0.3) is 0 Å². The molecule has 0 bridgehead atoms. The predicted octanol–water partition coefficient (Wildman–Crippen LogP) is -0.535. The van der Waals surface area contributed by atoms with Crippen molar-refractivity contribution in [3.05, 3.63) is 0 Å². The van der Waals surface area contributed by atoms with E-state index in [1.54, 1.807) is 0 Å². The third-order valence-corrected chi connectivity index (χ3v) is 2.39. The monoisotopic (exact) mass is 188 g/mol. The van der Waals surface area contributed by atoms with Crippen LogP contribution >= 0.6 is 0 Å². The van der Waals surface area contributed by atoms with Gasteiger partial charge >= 0.3 is 0 Å². The standard InChI is InChI=1S/C9H20N2O2/c10-8-1-2-9(7-8)11-3-5-13-6-4-12/h8-9,11-12H,1-7,10H2. The highest BCUT2D eigenvalue weighted by Gasteiger charge is 2.20. The summed E-state index contributed by atoms with van der Waals surface area (Å²) < 4.78 is 5.13.